The lowest BCUT2D eigenvalue weighted by Crippen LogP contribution is -2.43. The molecule has 1 unspecified atom stereocenters. The third kappa shape index (κ3) is 6.46. The smallest absolute Gasteiger partial charge is 0.226 e. The molecule has 0 bridgehead atoms. The highest BCUT2D eigenvalue weighted by atomic mass is 35.5. The van der Waals surface area contributed by atoms with Gasteiger partial charge in [-0.25, -0.2) is 4.98 Å². The van der Waals surface area contributed by atoms with Crippen LogP contribution < -0.4 is 5.32 Å². The second kappa shape index (κ2) is 11.0. The van der Waals surface area contributed by atoms with Gasteiger partial charge in [0.2, 0.25) is 11.8 Å². The third-order valence-electron chi connectivity index (χ3n) is 6.41. The van der Waals surface area contributed by atoms with Gasteiger partial charge in [-0.05, 0) is 82.4 Å². The quantitative estimate of drug-likeness (QED) is 0.466. The van der Waals surface area contributed by atoms with E-state index >= 15 is 0 Å². The van der Waals surface area contributed by atoms with Gasteiger partial charge in [-0.1, -0.05) is 41.9 Å². The van der Waals surface area contributed by atoms with E-state index in [2.05, 4.69) is 41.4 Å². The maximum Gasteiger partial charge on any atom is 0.226 e. The zero-order valence-electron chi connectivity index (χ0n) is 19.4. The zero-order valence-corrected chi connectivity index (χ0v) is 20.1. The molecule has 174 valence electrons. The number of nitrogens with zero attached hydrogens (tertiary/aromatic N) is 2. The number of aryl methyl sites for hydroxylation is 2. The average molecular weight is 466 g/mol. The van der Waals surface area contributed by atoms with Crippen molar-refractivity contribution in [1.29, 1.82) is 0 Å². The van der Waals surface area contributed by atoms with Crippen LogP contribution in [-0.2, 0) is 17.8 Å². The highest BCUT2D eigenvalue weighted by molar-refractivity contribution is 6.30. The fourth-order valence-electron chi connectivity index (χ4n) is 4.32. The Labute approximate surface area is 201 Å². The van der Waals surface area contributed by atoms with Crippen molar-refractivity contribution in [1.82, 2.24) is 15.2 Å². The van der Waals surface area contributed by atoms with Crippen LogP contribution in [0, 0.1) is 12.8 Å². The largest absolute Gasteiger partial charge is 0.441 e. The number of likely N-dealkylation sites (tertiary alicyclic amines) is 1. The van der Waals surface area contributed by atoms with Crippen molar-refractivity contribution < 1.29 is 9.21 Å². The minimum absolute atomic E-state index is 0.0865. The van der Waals surface area contributed by atoms with E-state index in [-0.39, 0.29) is 17.9 Å². The molecule has 6 heteroatoms. The van der Waals surface area contributed by atoms with E-state index in [0.29, 0.717) is 10.9 Å². The molecule has 5 nitrogen and oxygen atoms in total. The summed E-state index contributed by atoms with van der Waals surface area (Å²) >= 11 is 5.98. The monoisotopic (exact) mass is 465 g/mol. The Morgan fingerprint density at radius 3 is 2.55 bits per heavy atom. The molecule has 1 aliphatic rings. The lowest BCUT2D eigenvalue weighted by molar-refractivity contribution is -0.127. The van der Waals surface area contributed by atoms with Gasteiger partial charge in [0, 0.05) is 29.1 Å². The molecular formula is C27H32ClN3O2. The second-order valence-electron chi connectivity index (χ2n) is 9.01. The van der Waals surface area contributed by atoms with Crippen molar-refractivity contribution in [2.24, 2.45) is 5.92 Å². The molecule has 1 N–H and O–H groups in total. The third-order valence-corrected chi connectivity index (χ3v) is 6.67. The summed E-state index contributed by atoms with van der Waals surface area (Å²) in [6.07, 6.45) is 3.68. The predicted molar refractivity (Wildman–Crippen MR) is 132 cm³/mol. The van der Waals surface area contributed by atoms with Crippen LogP contribution in [0.25, 0.3) is 11.5 Å². The minimum Gasteiger partial charge on any atom is -0.441 e. The van der Waals surface area contributed by atoms with Crippen molar-refractivity contribution >= 4 is 17.5 Å². The predicted octanol–water partition coefficient (Wildman–Crippen LogP) is 5.65. The molecule has 1 fully saturated rings. The van der Waals surface area contributed by atoms with Crippen molar-refractivity contribution in [3.63, 3.8) is 0 Å². The lowest BCUT2D eigenvalue weighted by atomic mass is 9.95. The van der Waals surface area contributed by atoms with E-state index < -0.39 is 0 Å². The van der Waals surface area contributed by atoms with Crippen LogP contribution in [0.15, 0.2) is 59.0 Å². The Kier molecular flexibility index (Phi) is 7.84. The maximum atomic E-state index is 12.8. The van der Waals surface area contributed by atoms with Gasteiger partial charge < -0.3 is 9.73 Å². The Balaban J connectivity index is 1.23. The van der Waals surface area contributed by atoms with Crippen LogP contribution in [0.5, 0.6) is 0 Å². The second-order valence-corrected chi connectivity index (χ2v) is 9.45. The normalized spacial score (nSPS) is 16.0. The first-order chi connectivity index (χ1) is 16.0. The molecule has 1 saturated heterocycles. The Bertz CT molecular complexity index is 1040. The van der Waals surface area contributed by atoms with Crippen LogP contribution in [0.1, 0.15) is 43.2 Å². The molecule has 0 spiro atoms. The van der Waals surface area contributed by atoms with Crippen LogP contribution in [-0.4, -0.2) is 34.9 Å². The molecule has 0 radical (unpaired) electrons. The number of amides is 1. The first-order valence-electron chi connectivity index (χ1n) is 11.8. The molecule has 0 aliphatic carbocycles. The number of hydrogen-bond donors (Lipinski definition) is 1. The molecule has 1 amide bonds. The van der Waals surface area contributed by atoms with E-state index in [0.717, 1.165) is 62.3 Å². The SMILES string of the molecule is Cc1oc(-c2ccc(Cl)cc2)nc1CN1CCC(C(=O)NC(C)CCc2ccccc2)CC1. The average Bonchev–Trinajstić information content (AvgIpc) is 3.19. The van der Waals surface area contributed by atoms with Gasteiger partial charge in [0.15, 0.2) is 0 Å². The topological polar surface area (TPSA) is 58.4 Å². The summed E-state index contributed by atoms with van der Waals surface area (Å²) in [4.78, 5) is 19.8. The summed E-state index contributed by atoms with van der Waals surface area (Å²) in [6.45, 7) is 6.57. The summed E-state index contributed by atoms with van der Waals surface area (Å²) in [5.74, 6) is 1.74. The van der Waals surface area contributed by atoms with Gasteiger partial charge in [0.1, 0.15) is 5.76 Å². The lowest BCUT2D eigenvalue weighted by Gasteiger charge is -2.31. The molecule has 33 heavy (non-hydrogen) atoms. The van der Waals surface area contributed by atoms with Crippen LogP contribution >= 0.6 is 11.6 Å². The number of piperidine rings is 1. The summed E-state index contributed by atoms with van der Waals surface area (Å²) in [6, 6.07) is 18.1. The van der Waals surface area contributed by atoms with Crippen LogP contribution in [0.4, 0.5) is 0 Å². The van der Waals surface area contributed by atoms with Gasteiger partial charge in [-0.3, -0.25) is 9.69 Å². The number of benzene rings is 2. The molecular weight excluding hydrogens is 434 g/mol. The maximum absolute atomic E-state index is 12.8. The summed E-state index contributed by atoms with van der Waals surface area (Å²) < 4.78 is 5.90. The standard InChI is InChI=1S/C27H32ClN3O2/c1-19(8-9-21-6-4-3-5-7-21)29-26(32)22-14-16-31(17-15-22)18-25-20(2)33-27(30-25)23-10-12-24(28)13-11-23/h3-7,10-13,19,22H,8-9,14-18H2,1-2H3,(H,29,32). The van der Waals surface area contributed by atoms with Gasteiger partial charge in [0.05, 0.1) is 5.69 Å². The number of halogens is 1. The van der Waals surface area contributed by atoms with E-state index in [1.165, 1.54) is 5.56 Å². The van der Waals surface area contributed by atoms with E-state index in [4.69, 9.17) is 21.0 Å². The van der Waals surface area contributed by atoms with Crippen molar-refractivity contribution in [3.8, 4) is 11.5 Å². The summed E-state index contributed by atoms with van der Waals surface area (Å²) in [5, 5.41) is 3.92. The summed E-state index contributed by atoms with van der Waals surface area (Å²) in [7, 11) is 0. The molecule has 0 saturated carbocycles. The Hall–Kier alpha value is -2.63. The molecule has 1 aliphatic heterocycles. The number of hydrogen-bond acceptors (Lipinski definition) is 4. The van der Waals surface area contributed by atoms with E-state index in [1.54, 1.807) is 0 Å². The van der Waals surface area contributed by atoms with Crippen molar-refractivity contribution in [2.45, 2.75) is 52.1 Å². The van der Waals surface area contributed by atoms with Crippen LogP contribution in [0.2, 0.25) is 5.02 Å². The molecule has 3 aromatic rings. The van der Waals surface area contributed by atoms with Crippen molar-refractivity contribution in [2.75, 3.05) is 13.1 Å². The fraction of sp³-hybridized carbons (Fsp3) is 0.407. The number of aromatic nitrogens is 1. The number of oxazole rings is 1. The Morgan fingerprint density at radius 1 is 1.15 bits per heavy atom. The zero-order chi connectivity index (χ0) is 23.2. The minimum atomic E-state index is 0.0865. The number of carbonyl (C=O) groups is 1. The van der Waals surface area contributed by atoms with Gasteiger partial charge in [0.25, 0.3) is 0 Å². The molecule has 4 rings (SSSR count). The first kappa shape index (κ1) is 23.5. The first-order valence-corrected chi connectivity index (χ1v) is 12.1. The summed E-state index contributed by atoms with van der Waals surface area (Å²) in [5.41, 5.74) is 3.19. The highest BCUT2D eigenvalue weighted by Crippen LogP contribution is 2.25. The highest BCUT2D eigenvalue weighted by Gasteiger charge is 2.26. The van der Waals surface area contributed by atoms with E-state index in [9.17, 15) is 4.79 Å². The van der Waals surface area contributed by atoms with Crippen molar-refractivity contribution in [3.05, 3.63) is 76.6 Å². The van der Waals surface area contributed by atoms with Gasteiger partial charge >= 0.3 is 0 Å². The molecule has 2 aromatic carbocycles. The Morgan fingerprint density at radius 2 is 1.85 bits per heavy atom. The van der Waals surface area contributed by atoms with E-state index in [1.807, 2.05) is 37.3 Å². The number of rotatable bonds is 8. The molecule has 2 heterocycles. The molecule has 1 atom stereocenters. The molecule has 1 aromatic heterocycles. The number of carbonyl (C=O) groups excluding carboxylic acids is 1. The number of nitrogens with one attached hydrogen (secondary N) is 1. The fourth-order valence-corrected chi connectivity index (χ4v) is 4.44. The van der Waals surface area contributed by atoms with Gasteiger partial charge in [-0.15, -0.1) is 0 Å². The van der Waals surface area contributed by atoms with Gasteiger partial charge in [-0.2, -0.15) is 0 Å². The van der Waals surface area contributed by atoms with Crippen LogP contribution in [0.3, 0.4) is 0 Å².